The molecule has 1 aliphatic carbocycles. The summed E-state index contributed by atoms with van der Waals surface area (Å²) < 4.78 is 36.5. The van der Waals surface area contributed by atoms with Crippen LogP contribution in [-0.2, 0) is 14.8 Å². The van der Waals surface area contributed by atoms with Crippen molar-refractivity contribution in [2.24, 2.45) is 17.8 Å². The number of aromatic nitrogens is 2. The average molecular weight is 437 g/mol. The number of nitrogens with zero attached hydrogens (tertiary/aromatic N) is 3. The lowest BCUT2D eigenvalue weighted by Crippen LogP contribution is -2.42. The van der Waals surface area contributed by atoms with Crippen LogP contribution in [0.5, 0.6) is 0 Å². The highest BCUT2D eigenvalue weighted by molar-refractivity contribution is 7.89. The van der Waals surface area contributed by atoms with Crippen molar-refractivity contribution in [1.29, 1.82) is 0 Å². The van der Waals surface area contributed by atoms with Crippen molar-refractivity contribution in [2.45, 2.75) is 50.3 Å². The molecule has 1 N–H and O–H groups in total. The van der Waals surface area contributed by atoms with Crippen LogP contribution in [0, 0.1) is 17.8 Å². The molecule has 2 fully saturated rings. The zero-order chi connectivity index (χ0) is 20.4. The van der Waals surface area contributed by atoms with E-state index < -0.39 is 10.0 Å². The number of rotatable bonds is 5. The van der Waals surface area contributed by atoms with Gasteiger partial charge < -0.3 is 4.90 Å². The third-order valence-corrected chi connectivity index (χ3v) is 8.39. The highest BCUT2D eigenvalue weighted by Gasteiger charge is 2.31. The van der Waals surface area contributed by atoms with E-state index in [-0.39, 0.29) is 16.7 Å². The molecule has 0 atom stereocenters. The van der Waals surface area contributed by atoms with Crippen molar-refractivity contribution in [1.82, 2.24) is 18.4 Å². The van der Waals surface area contributed by atoms with Gasteiger partial charge in [-0.3, -0.25) is 4.79 Å². The molecule has 2 aliphatic rings. The zero-order valence-electron chi connectivity index (χ0n) is 16.7. The minimum Gasteiger partial charge on any atom is -0.342 e. The van der Waals surface area contributed by atoms with Crippen LogP contribution in [0.3, 0.4) is 0 Å². The second kappa shape index (κ2) is 8.65. The lowest BCUT2D eigenvalue weighted by molar-refractivity contribution is -0.138. The molecule has 2 heterocycles. The fourth-order valence-electron chi connectivity index (χ4n) is 4.40. The van der Waals surface area contributed by atoms with Crippen LogP contribution < -0.4 is 4.72 Å². The van der Waals surface area contributed by atoms with Gasteiger partial charge in [0.1, 0.15) is 15.9 Å². The molecule has 2 aromatic rings. The summed E-state index contributed by atoms with van der Waals surface area (Å²) in [5.41, 5.74) is 1.03. The van der Waals surface area contributed by atoms with E-state index in [4.69, 9.17) is 0 Å². The molecule has 158 valence electrons. The molecule has 0 radical (unpaired) electrons. The maximum absolute atomic E-state index is 12.8. The van der Waals surface area contributed by atoms with Crippen LogP contribution >= 0.6 is 11.7 Å². The fraction of sp³-hybridized carbons (Fsp3) is 0.650. The first-order valence-corrected chi connectivity index (χ1v) is 12.6. The van der Waals surface area contributed by atoms with Gasteiger partial charge in [0.2, 0.25) is 15.9 Å². The molecule has 29 heavy (non-hydrogen) atoms. The first-order valence-electron chi connectivity index (χ1n) is 10.4. The first kappa shape index (κ1) is 20.7. The number of likely N-dealkylation sites (tertiary alicyclic amines) is 1. The Bertz CT molecular complexity index is 959. The Hall–Kier alpha value is -1.58. The van der Waals surface area contributed by atoms with Gasteiger partial charge in [-0.2, -0.15) is 8.75 Å². The summed E-state index contributed by atoms with van der Waals surface area (Å²) in [4.78, 5) is 15.0. The van der Waals surface area contributed by atoms with Crippen LogP contribution in [0.25, 0.3) is 11.0 Å². The van der Waals surface area contributed by atoms with Crippen LogP contribution in [-0.4, -0.2) is 47.6 Å². The number of amides is 1. The minimum absolute atomic E-state index is 0.103. The molecular weight excluding hydrogens is 408 g/mol. The summed E-state index contributed by atoms with van der Waals surface area (Å²) in [6, 6.07) is 5.02. The molecule has 0 bridgehead atoms. The van der Waals surface area contributed by atoms with Crippen molar-refractivity contribution >= 4 is 38.7 Å². The van der Waals surface area contributed by atoms with Crippen molar-refractivity contribution in [3.8, 4) is 0 Å². The number of sulfonamides is 1. The first-order chi connectivity index (χ1) is 13.9. The average Bonchev–Trinajstić information content (AvgIpc) is 3.21. The smallest absolute Gasteiger partial charge is 0.242 e. The van der Waals surface area contributed by atoms with Crippen molar-refractivity contribution in [2.75, 3.05) is 19.6 Å². The fourth-order valence-corrected chi connectivity index (χ4v) is 6.28. The molecule has 1 aromatic carbocycles. The summed E-state index contributed by atoms with van der Waals surface area (Å²) in [7, 11) is -3.63. The largest absolute Gasteiger partial charge is 0.342 e. The van der Waals surface area contributed by atoms with Crippen molar-refractivity contribution in [3.05, 3.63) is 18.2 Å². The van der Waals surface area contributed by atoms with Gasteiger partial charge in [-0.15, -0.1) is 0 Å². The van der Waals surface area contributed by atoms with Crippen molar-refractivity contribution in [3.63, 3.8) is 0 Å². The summed E-state index contributed by atoms with van der Waals surface area (Å²) >= 11 is 1.02. The molecule has 1 aromatic heterocycles. The van der Waals surface area contributed by atoms with Gasteiger partial charge in [0.15, 0.2) is 0 Å². The standard InChI is InChI=1S/C20H28N4O3S2/c1-14-9-11-24(12-10-14)20(25)16-7-5-15(6-8-16)13-21-29(26,27)18-4-2-3-17-19(18)23-28-22-17/h2-4,14-16,21H,5-13H2,1H3. The Balaban J connectivity index is 1.30. The lowest BCUT2D eigenvalue weighted by Gasteiger charge is -2.35. The second-order valence-corrected chi connectivity index (χ2v) is 10.7. The predicted octanol–water partition coefficient (Wildman–Crippen LogP) is 3.03. The van der Waals surface area contributed by atoms with E-state index in [0.717, 1.165) is 63.3 Å². The van der Waals surface area contributed by atoms with E-state index in [1.54, 1.807) is 18.2 Å². The summed E-state index contributed by atoms with van der Waals surface area (Å²) in [5, 5.41) is 0. The lowest BCUT2D eigenvalue weighted by atomic mass is 9.81. The van der Waals surface area contributed by atoms with E-state index in [0.29, 0.717) is 29.4 Å². The van der Waals surface area contributed by atoms with E-state index in [2.05, 4.69) is 20.4 Å². The number of carbonyl (C=O) groups is 1. The van der Waals surface area contributed by atoms with E-state index in [1.807, 2.05) is 4.90 Å². The molecule has 4 rings (SSSR count). The van der Waals surface area contributed by atoms with Gasteiger partial charge in [0.05, 0.1) is 11.7 Å². The monoisotopic (exact) mass is 436 g/mol. The number of piperidine rings is 1. The van der Waals surface area contributed by atoms with Gasteiger partial charge in [-0.1, -0.05) is 13.0 Å². The summed E-state index contributed by atoms with van der Waals surface area (Å²) in [5.74, 6) is 1.39. The third-order valence-electron chi connectivity index (χ3n) is 6.39. The number of nitrogens with one attached hydrogen (secondary N) is 1. The van der Waals surface area contributed by atoms with Crippen LogP contribution in [0.1, 0.15) is 45.4 Å². The summed E-state index contributed by atoms with van der Waals surface area (Å²) in [6.45, 7) is 4.42. The number of benzene rings is 1. The van der Waals surface area contributed by atoms with Gasteiger partial charge in [0, 0.05) is 25.6 Å². The molecule has 1 saturated carbocycles. The number of hydrogen-bond acceptors (Lipinski definition) is 6. The molecule has 1 aliphatic heterocycles. The number of carbonyl (C=O) groups excluding carboxylic acids is 1. The Morgan fingerprint density at radius 2 is 1.86 bits per heavy atom. The SMILES string of the molecule is CC1CCN(C(=O)C2CCC(CNS(=O)(=O)c3cccc4nsnc34)CC2)CC1. The molecule has 0 unspecified atom stereocenters. The van der Waals surface area contributed by atoms with E-state index in [9.17, 15) is 13.2 Å². The maximum Gasteiger partial charge on any atom is 0.242 e. The Morgan fingerprint density at radius 1 is 1.14 bits per heavy atom. The van der Waals surface area contributed by atoms with Crippen molar-refractivity contribution < 1.29 is 13.2 Å². The van der Waals surface area contributed by atoms with Gasteiger partial charge in [-0.05, 0) is 62.5 Å². The van der Waals surface area contributed by atoms with Gasteiger partial charge in [-0.25, -0.2) is 13.1 Å². The molecular formula is C20H28N4O3S2. The Morgan fingerprint density at radius 3 is 2.59 bits per heavy atom. The zero-order valence-corrected chi connectivity index (χ0v) is 18.3. The highest BCUT2D eigenvalue weighted by Crippen LogP contribution is 2.31. The van der Waals surface area contributed by atoms with E-state index >= 15 is 0 Å². The summed E-state index contributed by atoms with van der Waals surface area (Å²) in [6.07, 6.45) is 5.66. The predicted molar refractivity (Wildman–Crippen MR) is 113 cm³/mol. The van der Waals surface area contributed by atoms with Crippen LogP contribution in [0.4, 0.5) is 0 Å². The molecule has 0 spiro atoms. The number of hydrogen-bond donors (Lipinski definition) is 1. The minimum atomic E-state index is -3.63. The van der Waals surface area contributed by atoms with Gasteiger partial charge in [0.25, 0.3) is 0 Å². The number of fused-ring (bicyclic) bond motifs is 1. The third kappa shape index (κ3) is 4.62. The quantitative estimate of drug-likeness (QED) is 0.778. The Kier molecular flexibility index (Phi) is 6.17. The van der Waals surface area contributed by atoms with Crippen LogP contribution in [0.2, 0.25) is 0 Å². The van der Waals surface area contributed by atoms with Gasteiger partial charge >= 0.3 is 0 Å². The topological polar surface area (TPSA) is 92.3 Å². The molecule has 1 saturated heterocycles. The second-order valence-electron chi connectivity index (χ2n) is 8.47. The molecule has 7 nitrogen and oxygen atoms in total. The van der Waals surface area contributed by atoms with E-state index in [1.165, 1.54) is 0 Å². The molecule has 1 amide bonds. The Labute approximate surface area is 176 Å². The normalized spacial score (nSPS) is 24.1. The maximum atomic E-state index is 12.8. The molecule has 9 heteroatoms. The highest BCUT2D eigenvalue weighted by atomic mass is 32.2. The van der Waals surface area contributed by atoms with Crippen LogP contribution in [0.15, 0.2) is 23.1 Å².